The smallest absolute Gasteiger partial charge is 0.566 e. The molecule has 0 radical (unpaired) electrons. The van der Waals surface area contributed by atoms with Crippen LogP contribution in [0.1, 0.15) is 39.0 Å². The average molecular weight is 237 g/mol. The third-order valence-corrected chi connectivity index (χ3v) is 1.84. The molecule has 0 heterocycles. The van der Waals surface area contributed by atoms with Crippen molar-refractivity contribution < 1.29 is 30.5 Å². The Balaban J connectivity index is 0. The Morgan fingerprint density at radius 3 is 2.33 bits per heavy atom. The summed E-state index contributed by atoms with van der Waals surface area (Å²) >= 11 is 0. The van der Waals surface area contributed by atoms with E-state index >= 15 is 0 Å². The second-order valence-corrected chi connectivity index (χ2v) is 3.18. The van der Waals surface area contributed by atoms with Gasteiger partial charge >= 0.3 is 24.7 Å². The first-order valence-electron chi connectivity index (χ1n) is 4.04. The van der Waals surface area contributed by atoms with E-state index in [9.17, 15) is 9.46 Å². The topological polar surface area (TPSA) is 49.4 Å². The number of hydrogen-bond acceptors (Lipinski definition) is 3. The molecule has 0 saturated heterocycles. The molecule has 0 aromatic rings. The first-order chi connectivity index (χ1) is 5.27. The minimum atomic E-state index is -2.62. The van der Waals surface area contributed by atoms with Crippen LogP contribution in [0.15, 0.2) is 0 Å². The molecule has 0 aliphatic carbocycles. The summed E-state index contributed by atoms with van der Waals surface area (Å²) in [6.45, 7) is 2.49. The second kappa shape index (κ2) is 11.5. The maximum Gasteiger partial charge on any atom is 2.00 e. The van der Waals surface area contributed by atoms with Crippen LogP contribution in [0.5, 0.6) is 0 Å². The summed E-state index contributed by atoms with van der Waals surface area (Å²) in [5.41, 5.74) is 0. The Morgan fingerprint density at radius 1 is 1.25 bits per heavy atom. The number of unbranched alkanes of at least 4 members (excludes halogenated alkanes) is 4. The van der Waals surface area contributed by atoms with Crippen LogP contribution in [0.3, 0.4) is 0 Å². The fourth-order valence-electron chi connectivity index (χ4n) is 0.845. The van der Waals surface area contributed by atoms with Gasteiger partial charge in [-0.15, -0.1) is 4.52 Å². The van der Waals surface area contributed by atoms with Crippen molar-refractivity contribution in [2.45, 2.75) is 39.0 Å². The molecule has 0 rings (SSSR count). The molecule has 74 valence electrons. The van der Waals surface area contributed by atoms with Gasteiger partial charge in [0.05, 0.1) is 0 Å². The zero-order chi connectivity index (χ0) is 8.53. The first-order valence-corrected chi connectivity index (χ1v) is 5.14. The van der Waals surface area contributed by atoms with Gasteiger partial charge in [-0.2, -0.15) is 0 Å². The number of rotatable bonds is 7. The third kappa shape index (κ3) is 13.1. The van der Waals surface area contributed by atoms with Crippen molar-refractivity contribution in [2.24, 2.45) is 0 Å². The molecule has 5 heteroatoms. The largest absolute Gasteiger partial charge is 2.00 e. The first kappa shape index (κ1) is 15.0. The molecule has 0 aromatic carbocycles. The summed E-state index contributed by atoms with van der Waals surface area (Å²) in [7, 11) is -2.62. The standard InChI is InChI=1S/C7H15O3P.Ni/c1-2-3-4-5-6-7-10-11(8)9;/h2-7H2,1H3;/q;+2. The predicted molar refractivity (Wildman–Crippen MR) is 42.3 cm³/mol. The van der Waals surface area contributed by atoms with E-state index in [1.807, 2.05) is 0 Å². The quantitative estimate of drug-likeness (QED) is 0.386. The van der Waals surface area contributed by atoms with E-state index in [1.54, 1.807) is 0 Å². The molecule has 1 unspecified atom stereocenters. The van der Waals surface area contributed by atoms with E-state index in [4.69, 9.17) is 0 Å². The minimum absolute atomic E-state index is 0. The van der Waals surface area contributed by atoms with Crippen molar-refractivity contribution in [1.82, 2.24) is 0 Å². The van der Waals surface area contributed by atoms with Gasteiger partial charge in [0.2, 0.25) is 0 Å². The van der Waals surface area contributed by atoms with Gasteiger partial charge < -0.3 is 4.89 Å². The molecule has 0 fully saturated rings. The molecule has 0 aliphatic heterocycles. The molecule has 1 atom stereocenters. The van der Waals surface area contributed by atoms with Crippen LogP contribution in [-0.4, -0.2) is 6.61 Å². The summed E-state index contributed by atoms with van der Waals surface area (Å²) in [5, 5.41) is 0. The fraction of sp³-hybridized carbons (Fsp3) is 1.00. The van der Waals surface area contributed by atoms with E-state index in [0.717, 1.165) is 12.8 Å². The van der Waals surface area contributed by atoms with Crippen molar-refractivity contribution in [1.29, 1.82) is 0 Å². The Labute approximate surface area is 84.8 Å². The van der Waals surface area contributed by atoms with Crippen molar-refractivity contribution in [3.8, 4) is 0 Å². The van der Waals surface area contributed by atoms with Crippen LogP contribution < -0.4 is 4.89 Å². The van der Waals surface area contributed by atoms with Crippen LogP contribution in [0.25, 0.3) is 0 Å². The zero-order valence-corrected chi connectivity index (χ0v) is 9.11. The van der Waals surface area contributed by atoms with Crippen LogP contribution in [0.2, 0.25) is 0 Å². The van der Waals surface area contributed by atoms with Crippen molar-refractivity contribution >= 4 is 8.25 Å². The Bertz CT molecular complexity index is 111. The third-order valence-electron chi connectivity index (χ3n) is 1.44. The van der Waals surface area contributed by atoms with Gasteiger partial charge in [0.15, 0.2) is 0 Å². The molecule has 0 bridgehead atoms. The molecule has 12 heavy (non-hydrogen) atoms. The van der Waals surface area contributed by atoms with E-state index < -0.39 is 8.25 Å². The molecule has 0 aliphatic rings. The predicted octanol–water partition coefficient (Wildman–Crippen LogP) is 1.99. The van der Waals surface area contributed by atoms with E-state index in [0.29, 0.717) is 6.61 Å². The molecule has 0 saturated carbocycles. The minimum Gasteiger partial charge on any atom is -0.566 e. The van der Waals surface area contributed by atoms with E-state index in [1.165, 1.54) is 19.3 Å². The average Bonchev–Trinajstić information content (AvgIpc) is 1.96. The van der Waals surface area contributed by atoms with Crippen molar-refractivity contribution in [2.75, 3.05) is 6.61 Å². The van der Waals surface area contributed by atoms with Gasteiger partial charge in [0, 0.05) is 0 Å². The summed E-state index contributed by atoms with van der Waals surface area (Å²) in [5.74, 6) is 0. The fourth-order valence-corrected chi connectivity index (χ4v) is 1.12. The second-order valence-electron chi connectivity index (χ2n) is 2.47. The SMILES string of the molecule is CCCCCCCO[P+](=O)[O-].[Ni+2]. The Hall–Kier alpha value is 0.514. The molecule has 0 aromatic heterocycles. The van der Waals surface area contributed by atoms with Gasteiger partial charge in [-0.3, -0.25) is 0 Å². The summed E-state index contributed by atoms with van der Waals surface area (Å²) < 4.78 is 14.3. The molecule has 0 amide bonds. The van der Waals surface area contributed by atoms with Crippen LogP contribution >= 0.6 is 8.25 Å². The Morgan fingerprint density at radius 2 is 1.83 bits per heavy atom. The van der Waals surface area contributed by atoms with Gasteiger partial charge in [0.1, 0.15) is 6.61 Å². The monoisotopic (exact) mass is 236 g/mol. The maximum absolute atomic E-state index is 9.90. The van der Waals surface area contributed by atoms with Gasteiger partial charge in [0.25, 0.3) is 0 Å². The van der Waals surface area contributed by atoms with Gasteiger partial charge in [-0.1, -0.05) is 32.6 Å². The Kier molecular flexibility index (Phi) is 14.4. The zero-order valence-electron chi connectivity index (χ0n) is 7.23. The van der Waals surface area contributed by atoms with Gasteiger partial charge in [-0.25, -0.2) is 0 Å². The van der Waals surface area contributed by atoms with Gasteiger partial charge in [-0.05, 0) is 11.0 Å². The molecule has 0 N–H and O–H groups in total. The van der Waals surface area contributed by atoms with E-state index in [-0.39, 0.29) is 16.5 Å². The van der Waals surface area contributed by atoms with Crippen LogP contribution in [0, 0.1) is 0 Å². The molecular formula is C7H15NiO3P+2. The summed E-state index contributed by atoms with van der Waals surface area (Å²) in [6.07, 6.45) is 5.52. The molecule has 0 spiro atoms. The van der Waals surface area contributed by atoms with Crippen LogP contribution in [-0.2, 0) is 25.6 Å². The van der Waals surface area contributed by atoms with E-state index in [2.05, 4.69) is 11.4 Å². The maximum atomic E-state index is 9.90. The molecule has 3 nitrogen and oxygen atoms in total. The number of hydrogen-bond donors (Lipinski definition) is 0. The summed E-state index contributed by atoms with van der Waals surface area (Å²) in [4.78, 5) is 9.90. The van der Waals surface area contributed by atoms with Crippen LogP contribution in [0.4, 0.5) is 0 Å². The summed E-state index contributed by atoms with van der Waals surface area (Å²) in [6, 6.07) is 0. The van der Waals surface area contributed by atoms with Crippen molar-refractivity contribution in [3.63, 3.8) is 0 Å². The normalized spacial score (nSPS) is 10.7. The molecular weight excluding hydrogens is 222 g/mol. The van der Waals surface area contributed by atoms with Crippen molar-refractivity contribution in [3.05, 3.63) is 0 Å².